The van der Waals surface area contributed by atoms with E-state index >= 15 is 0 Å². The summed E-state index contributed by atoms with van der Waals surface area (Å²) in [5.41, 5.74) is -0.00758. The molecule has 1 aliphatic rings. The number of piperidine rings is 1. The number of likely N-dealkylation sites (tertiary alicyclic amines) is 1. The predicted molar refractivity (Wildman–Crippen MR) is 78.0 cm³/mol. The van der Waals surface area contributed by atoms with E-state index in [9.17, 15) is 9.90 Å². The van der Waals surface area contributed by atoms with E-state index in [-0.39, 0.29) is 24.1 Å². The van der Waals surface area contributed by atoms with Gasteiger partial charge in [-0.25, -0.2) is 4.79 Å². The van der Waals surface area contributed by atoms with Crippen molar-refractivity contribution in [1.82, 2.24) is 10.2 Å². The van der Waals surface area contributed by atoms with Crippen molar-refractivity contribution in [3.05, 3.63) is 12.7 Å². The molecule has 0 aliphatic carbocycles. The zero-order chi connectivity index (χ0) is 14.3. The number of aliphatic hydroxyl groups excluding tert-OH is 1. The van der Waals surface area contributed by atoms with Gasteiger partial charge in [0.2, 0.25) is 0 Å². The summed E-state index contributed by atoms with van der Waals surface area (Å²) in [6.45, 7) is 9.51. The molecule has 0 unspecified atom stereocenters. The lowest BCUT2D eigenvalue weighted by Gasteiger charge is -2.38. The third kappa shape index (κ3) is 5.23. The maximum Gasteiger partial charge on any atom is 0.317 e. The van der Waals surface area contributed by atoms with Gasteiger partial charge in [-0.2, -0.15) is 0 Å². The van der Waals surface area contributed by atoms with Crippen LogP contribution in [-0.2, 0) is 0 Å². The second-order valence-corrected chi connectivity index (χ2v) is 6.03. The number of unbranched alkanes of at least 4 members (excludes halogenated alkanes) is 1. The van der Waals surface area contributed by atoms with Gasteiger partial charge in [-0.05, 0) is 44.4 Å². The lowest BCUT2D eigenvalue weighted by Crippen LogP contribution is -2.49. The van der Waals surface area contributed by atoms with E-state index in [1.54, 1.807) is 0 Å². The van der Waals surface area contributed by atoms with Gasteiger partial charge >= 0.3 is 6.03 Å². The number of carbonyl (C=O) groups excluding carboxylic acids is 1. The molecule has 0 spiro atoms. The van der Waals surface area contributed by atoms with Gasteiger partial charge in [0.05, 0.1) is 0 Å². The summed E-state index contributed by atoms with van der Waals surface area (Å²) in [6, 6.07) is 0.240. The Kier molecular flexibility index (Phi) is 6.35. The largest absolute Gasteiger partial charge is 0.396 e. The zero-order valence-electron chi connectivity index (χ0n) is 12.3. The van der Waals surface area contributed by atoms with Crippen molar-refractivity contribution in [2.75, 3.05) is 19.7 Å². The number of hydrogen-bond acceptors (Lipinski definition) is 2. The molecule has 1 aliphatic heterocycles. The van der Waals surface area contributed by atoms with Gasteiger partial charge in [0.25, 0.3) is 0 Å². The summed E-state index contributed by atoms with van der Waals surface area (Å²) < 4.78 is 0. The molecule has 1 rings (SSSR count). The number of carbonyl (C=O) groups is 1. The predicted octanol–water partition coefficient (Wildman–Crippen LogP) is 2.54. The Labute approximate surface area is 116 Å². The van der Waals surface area contributed by atoms with Crippen LogP contribution < -0.4 is 5.32 Å². The van der Waals surface area contributed by atoms with E-state index in [0.29, 0.717) is 0 Å². The standard InChI is InChI=1S/C15H28N2O2/c1-4-5-6-7-13(2)16-14(19)17-10-8-15(3,12-18)9-11-17/h4,13,18H,1,5-12H2,2-3H3,(H,16,19)/t13-/m1/s1. The third-order valence-electron chi connectivity index (χ3n) is 4.05. The van der Waals surface area contributed by atoms with E-state index < -0.39 is 0 Å². The van der Waals surface area contributed by atoms with Crippen LogP contribution >= 0.6 is 0 Å². The first kappa shape index (κ1) is 16.0. The molecule has 19 heavy (non-hydrogen) atoms. The molecule has 4 nitrogen and oxygen atoms in total. The van der Waals surface area contributed by atoms with Crippen molar-refractivity contribution in [1.29, 1.82) is 0 Å². The quantitative estimate of drug-likeness (QED) is 0.574. The lowest BCUT2D eigenvalue weighted by atomic mass is 9.81. The minimum absolute atomic E-state index is 0.00758. The van der Waals surface area contributed by atoms with Crippen molar-refractivity contribution in [3.8, 4) is 0 Å². The highest BCUT2D eigenvalue weighted by atomic mass is 16.3. The summed E-state index contributed by atoms with van der Waals surface area (Å²) in [7, 11) is 0. The second kappa shape index (κ2) is 7.53. The number of nitrogens with one attached hydrogen (secondary N) is 1. The number of aliphatic hydroxyl groups is 1. The molecule has 0 bridgehead atoms. The monoisotopic (exact) mass is 268 g/mol. The van der Waals surface area contributed by atoms with Crippen LogP contribution in [0.15, 0.2) is 12.7 Å². The average Bonchev–Trinajstić information content (AvgIpc) is 2.39. The van der Waals surface area contributed by atoms with E-state index in [1.165, 1.54) is 0 Å². The summed E-state index contributed by atoms with van der Waals surface area (Å²) in [5, 5.41) is 12.4. The SMILES string of the molecule is C=CCCC[C@@H](C)NC(=O)N1CCC(C)(CO)CC1. The Hall–Kier alpha value is -1.03. The van der Waals surface area contributed by atoms with Crippen LogP contribution in [0.25, 0.3) is 0 Å². The number of urea groups is 1. The molecule has 1 heterocycles. The minimum atomic E-state index is -0.00758. The van der Waals surface area contributed by atoms with Gasteiger partial charge < -0.3 is 15.3 Å². The third-order valence-corrected chi connectivity index (χ3v) is 4.05. The molecule has 1 fully saturated rings. The number of nitrogens with zero attached hydrogens (tertiary/aromatic N) is 1. The van der Waals surface area contributed by atoms with Gasteiger partial charge in [0.1, 0.15) is 0 Å². The van der Waals surface area contributed by atoms with E-state index in [0.717, 1.165) is 45.2 Å². The highest BCUT2D eigenvalue weighted by molar-refractivity contribution is 5.74. The van der Waals surface area contributed by atoms with Crippen LogP contribution in [0.4, 0.5) is 4.79 Å². The van der Waals surface area contributed by atoms with E-state index in [2.05, 4.69) is 18.8 Å². The molecule has 0 aromatic rings. The molecule has 0 aromatic heterocycles. The molecular formula is C15H28N2O2. The van der Waals surface area contributed by atoms with Gasteiger partial charge in [-0.1, -0.05) is 13.0 Å². The second-order valence-electron chi connectivity index (χ2n) is 6.03. The molecule has 1 atom stereocenters. The first-order valence-corrected chi connectivity index (χ1v) is 7.28. The van der Waals surface area contributed by atoms with Crippen molar-refractivity contribution in [2.24, 2.45) is 5.41 Å². The number of hydrogen-bond donors (Lipinski definition) is 2. The van der Waals surface area contributed by atoms with Crippen molar-refractivity contribution >= 4 is 6.03 Å². The van der Waals surface area contributed by atoms with Gasteiger partial charge in [0, 0.05) is 25.7 Å². The molecule has 1 saturated heterocycles. The molecule has 0 aromatic carbocycles. The average molecular weight is 268 g/mol. The van der Waals surface area contributed by atoms with Crippen LogP contribution in [0.3, 0.4) is 0 Å². The summed E-state index contributed by atoms with van der Waals surface area (Å²) in [4.78, 5) is 13.9. The van der Waals surface area contributed by atoms with Crippen LogP contribution in [0.1, 0.15) is 46.0 Å². The fraction of sp³-hybridized carbons (Fsp3) is 0.800. The summed E-state index contributed by atoms with van der Waals surface area (Å²) in [6.07, 6.45) is 6.71. The maximum atomic E-state index is 12.1. The van der Waals surface area contributed by atoms with Crippen molar-refractivity contribution in [2.45, 2.75) is 52.0 Å². The van der Waals surface area contributed by atoms with E-state index in [1.807, 2.05) is 17.9 Å². The van der Waals surface area contributed by atoms with Crippen molar-refractivity contribution < 1.29 is 9.90 Å². The highest BCUT2D eigenvalue weighted by Crippen LogP contribution is 2.29. The smallest absolute Gasteiger partial charge is 0.317 e. The van der Waals surface area contributed by atoms with Crippen LogP contribution in [0, 0.1) is 5.41 Å². The maximum absolute atomic E-state index is 12.1. The van der Waals surface area contributed by atoms with Crippen LogP contribution in [-0.4, -0.2) is 41.8 Å². The number of rotatable bonds is 6. The Morgan fingerprint density at radius 1 is 1.53 bits per heavy atom. The first-order valence-electron chi connectivity index (χ1n) is 7.28. The fourth-order valence-corrected chi connectivity index (χ4v) is 2.35. The van der Waals surface area contributed by atoms with E-state index in [4.69, 9.17) is 0 Å². The lowest BCUT2D eigenvalue weighted by molar-refractivity contribution is 0.0695. The molecule has 2 N–H and O–H groups in total. The molecule has 2 amide bonds. The fourth-order valence-electron chi connectivity index (χ4n) is 2.35. The van der Waals surface area contributed by atoms with Crippen molar-refractivity contribution in [3.63, 3.8) is 0 Å². The molecule has 4 heteroatoms. The first-order chi connectivity index (χ1) is 9.00. The Morgan fingerprint density at radius 3 is 2.68 bits per heavy atom. The molecule has 0 radical (unpaired) electrons. The normalized spacial score (nSPS) is 19.8. The Morgan fingerprint density at radius 2 is 2.16 bits per heavy atom. The van der Waals surface area contributed by atoms with Crippen LogP contribution in [0.2, 0.25) is 0 Å². The molecular weight excluding hydrogens is 240 g/mol. The molecule has 110 valence electrons. The minimum Gasteiger partial charge on any atom is -0.396 e. The summed E-state index contributed by atoms with van der Waals surface area (Å²) in [5.74, 6) is 0. The molecule has 0 saturated carbocycles. The van der Waals surface area contributed by atoms with Gasteiger partial charge in [-0.3, -0.25) is 0 Å². The topological polar surface area (TPSA) is 52.6 Å². The number of allylic oxidation sites excluding steroid dienone is 1. The van der Waals surface area contributed by atoms with Gasteiger partial charge in [0.15, 0.2) is 0 Å². The summed E-state index contributed by atoms with van der Waals surface area (Å²) >= 11 is 0. The zero-order valence-corrected chi connectivity index (χ0v) is 12.3. The van der Waals surface area contributed by atoms with Gasteiger partial charge in [-0.15, -0.1) is 6.58 Å². The van der Waals surface area contributed by atoms with Crippen LogP contribution in [0.5, 0.6) is 0 Å². The Bertz CT molecular complexity index is 297. The number of amides is 2. The Balaban J connectivity index is 2.29. The highest BCUT2D eigenvalue weighted by Gasteiger charge is 2.31.